The molecule has 4 heteroatoms. The van der Waals surface area contributed by atoms with E-state index in [-0.39, 0.29) is 0 Å². The van der Waals surface area contributed by atoms with Gasteiger partial charge < -0.3 is 9.73 Å². The fourth-order valence-electron chi connectivity index (χ4n) is 2.36. The van der Waals surface area contributed by atoms with Crippen LogP contribution in [0.3, 0.4) is 0 Å². The molecule has 1 atom stereocenters. The first-order chi connectivity index (χ1) is 9.42. The van der Waals surface area contributed by atoms with Crippen LogP contribution in [0.15, 0.2) is 47.2 Å². The minimum absolute atomic E-state index is 0.559. The van der Waals surface area contributed by atoms with Crippen molar-refractivity contribution in [2.75, 3.05) is 11.9 Å². The highest BCUT2D eigenvalue weighted by molar-refractivity contribution is 5.60. The van der Waals surface area contributed by atoms with Crippen LogP contribution in [0.4, 0.5) is 5.69 Å². The van der Waals surface area contributed by atoms with E-state index in [1.165, 1.54) is 25.7 Å². The van der Waals surface area contributed by atoms with Gasteiger partial charge in [0.2, 0.25) is 12.3 Å². The van der Waals surface area contributed by atoms with Crippen LogP contribution in [0.2, 0.25) is 0 Å². The predicted molar refractivity (Wildman–Crippen MR) is 74.7 cm³/mol. The highest BCUT2D eigenvalue weighted by atomic mass is 16.4. The van der Waals surface area contributed by atoms with Gasteiger partial charge in [-0.3, -0.25) is 0 Å². The minimum Gasteiger partial charge on any atom is -0.423 e. The van der Waals surface area contributed by atoms with Crippen LogP contribution in [0, 0.1) is 5.92 Å². The molecule has 1 N–H and O–H groups in total. The van der Waals surface area contributed by atoms with Crippen LogP contribution in [0.5, 0.6) is 0 Å². The Balaban J connectivity index is 1.65. The fraction of sp³-hybridized carbons (Fsp3) is 0.333. The van der Waals surface area contributed by atoms with Crippen LogP contribution >= 0.6 is 0 Å². The average Bonchev–Trinajstić information content (AvgIpc) is 3.01. The first kappa shape index (κ1) is 12.0. The molecule has 0 spiro atoms. The van der Waals surface area contributed by atoms with Gasteiger partial charge in [0.15, 0.2) is 0 Å². The van der Waals surface area contributed by atoms with E-state index in [0.29, 0.717) is 5.89 Å². The third kappa shape index (κ3) is 3.02. The third-order valence-corrected chi connectivity index (χ3v) is 3.44. The van der Waals surface area contributed by atoms with Crippen molar-refractivity contribution >= 4 is 5.69 Å². The summed E-state index contributed by atoms with van der Waals surface area (Å²) in [7, 11) is 0. The minimum atomic E-state index is 0.559. The van der Waals surface area contributed by atoms with Crippen molar-refractivity contribution < 1.29 is 4.42 Å². The van der Waals surface area contributed by atoms with Crippen LogP contribution in [0.25, 0.3) is 11.5 Å². The first-order valence-corrected chi connectivity index (χ1v) is 6.67. The number of benzene rings is 1. The molecule has 0 saturated carbocycles. The van der Waals surface area contributed by atoms with Gasteiger partial charge >= 0.3 is 0 Å². The molecule has 0 fully saturated rings. The van der Waals surface area contributed by atoms with Crippen molar-refractivity contribution in [2.24, 2.45) is 5.92 Å². The summed E-state index contributed by atoms with van der Waals surface area (Å²) in [6.07, 6.45) is 9.55. The molecule has 1 unspecified atom stereocenters. The van der Waals surface area contributed by atoms with Gasteiger partial charge in [-0.05, 0) is 43.4 Å². The Kier molecular flexibility index (Phi) is 3.58. The number of anilines is 1. The zero-order chi connectivity index (χ0) is 12.9. The molecule has 0 radical (unpaired) electrons. The monoisotopic (exact) mass is 255 g/mol. The lowest BCUT2D eigenvalue weighted by molar-refractivity contribution is 0.504. The van der Waals surface area contributed by atoms with E-state index in [1.807, 2.05) is 18.2 Å². The quantitative estimate of drug-likeness (QED) is 0.849. The molecule has 0 bridgehead atoms. The molecule has 19 heavy (non-hydrogen) atoms. The predicted octanol–water partition coefficient (Wildman–Crippen LogP) is 3.50. The fourth-order valence-corrected chi connectivity index (χ4v) is 2.36. The summed E-state index contributed by atoms with van der Waals surface area (Å²) in [6, 6.07) is 8.09. The molecule has 1 aromatic heterocycles. The second-order valence-electron chi connectivity index (χ2n) is 4.86. The summed E-state index contributed by atoms with van der Waals surface area (Å²) in [5.41, 5.74) is 2.05. The standard InChI is InChI=1S/C15H17N3O/c1-2-5-12(6-3-1)10-16-14-8-4-7-13(9-14)15-18-17-11-19-15/h1-2,4,7-9,11-12,16H,3,5-6,10H2. The molecule has 1 aliphatic carbocycles. The number of hydrogen-bond donors (Lipinski definition) is 1. The molecule has 98 valence electrons. The highest BCUT2D eigenvalue weighted by Crippen LogP contribution is 2.22. The van der Waals surface area contributed by atoms with E-state index in [0.717, 1.165) is 23.7 Å². The van der Waals surface area contributed by atoms with Gasteiger partial charge in [-0.15, -0.1) is 10.2 Å². The first-order valence-electron chi connectivity index (χ1n) is 6.67. The zero-order valence-electron chi connectivity index (χ0n) is 10.7. The molecule has 0 saturated heterocycles. The van der Waals surface area contributed by atoms with E-state index in [2.05, 4.69) is 33.7 Å². The lowest BCUT2D eigenvalue weighted by Gasteiger charge is -2.18. The lowest BCUT2D eigenvalue weighted by atomic mass is 9.94. The zero-order valence-corrected chi connectivity index (χ0v) is 10.7. The highest BCUT2D eigenvalue weighted by Gasteiger charge is 2.10. The second kappa shape index (κ2) is 5.69. The van der Waals surface area contributed by atoms with E-state index < -0.39 is 0 Å². The van der Waals surface area contributed by atoms with Crippen molar-refractivity contribution in [1.29, 1.82) is 0 Å². The van der Waals surface area contributed by atoms with Gasteiger partial charge in [-0.2, -0.15) is 0 Å². The van der Waals surface area contributed by atoms with E-state index in [4.69, 9.17) is 4.42 Å². The number of nitrogens with one attached hydrogen (secondary N) is 1. The Morgan fingerprint density at radius 3 is 3.11 bits per heavy atom. The molecule has 1 aromatic carbocycles. The number of rotatable bonds is 4. The maximum absolute atomic E-state index is 5.21. The van der Waals surface area contributed by atoms with Gasteiger partial charge in [0, 0.05) is 17.8 Å². The number of hydrogen-bond acceptors (Lipinski definition) is 4. The van der Waals surface area contributed by atoms with E-state index >= 15 is 0 Å². The summed E-state index contributed by atoms with van der Waals surface area (Å²) in [4.78, 5) is 0. The van der Waals surface area contributed by atoms with Crippen LogP contribution in [-0.4, -0.2) is 16.7 Å². The van der Waals surface area contributed by atoms with Crippen molar-refractivity contribution in [1.82, 2.24) is 10.2 Å². The summed E-state index contributed by atoms with van der Waals surface area (Å²) >= 11 is 0. The maximum Gasteiger partial charge on any atom is 0.247 e. The third-order valence-electron chi connectivity index (χ3n) is 3.44. The van der Waals surface area contributed by atoms with Crippen LogP contribution < -0.4 is 5.32 Å². The van der Waals surface area contributed by atoms with Crippen LogP contribution in [-0.2, 0) is 0 Å². The van der Waals surface area contributed by atoms with Gasteiger partial charge in [0.25, 0.3) is 0 Å². The summed E-state index contributed by atoms with van der Waals surface area (Å²) in [5.74, 6) is 1.29. The maximum atomic E-state index is 5.21. The Hall–Kier alpha value is -2.10. The average molecular weight is 255 g/mol. The van der Waals surface area contributed by atoms with Crippen molar-refractivity contribution in [3.63, 3.8) is 0 Å². The Labute approximate surface area is 112 Å². The molecule has 3 rings (SSSR count). The van der Waals surface area contributed by atoms with E-state index in [9.17, 15) is 0 Å². The molecule has 1 aliphatic rings. The molecular formula is C15H17N3O. The summed E-state index contributed by atoms with van der Waals surface area (Å²) in [6.45, 7) is 1.01. The Bertz CT molecular complexity index is 548. The normalized spacial score (nSPS) is 18.4. The molecule has 1 heterocycles. The number of allylic oxidation sites excluding steroid dienone is 2. The molecule has 4 nitrogen and oxygen atoms in total. The van der Waals surface area contributed by atoms with Crippen LogP contribution in [0.1, 0.15) is 19.3 Å². The summed E-state index contributed by atoms with van der Waals surface area (Å²) in [5, 5.41) is 11.1. The van der Waals surface area contributed by atoms with Gasteiger partial charge in [0.05, 0.1) is 0 Å². The number of nitrogens with zero attached hydrogens (tertiary/aromatic N) is 2. The second-order valence-corrected chi connectivity index (χ2v) is 4.86. The Morgan fingerprint density at radius 2 is 2.32 bits per heavy atom. The van der Waals surface area contributed by atoms with Gasteiger partial charge in [0.1, 0.15) is 0 Å². The van der Waals surface area contributed by atoms with Crippen molar-refractivity contribution in [3.05, 3.63) is 42.8 Å². The summed E-state index contributed by atoms with van der Waals surface area (Å²) < 4.78 is 5.21. The molecule has 0 aliphatic heterocycles. The van der Waals surface area contributed by atoms with Crippen molar-refractivity contribution in [2.45, 2.75) is 19.3 Å². The SMILES string of the molecule is C1=CCC(CNc2cccc(-c3nnco3)c2)CC1. The smallest absolute Gasteiger partial charge is 0.247 e. The largest absolute Gasteiger partial charge is 0.423 e. The van der Waals surface area contributed by atoms with Gasteiger partial charge in [-0.1, -0.05) is 18.2 Å². The lowest BCUT2D eigenvalue weighted by Crippen LogP contribution is -2.15. The molecular weight excluding hydrogens is 238 g/mol. The topological polar surface area (TPSA) is 51.0 Å². The van der Waals surface area contributed by atoms with Crippen molar-refractivity contribution in [3.8, 4) is 11.5 Å². The molecule has 0 amide bonds. The van der Waals surface area contributed by atoms with E-state index in [1.54, 1.807) is 0 Å². The Morgan fingerprint density at radius 1 is 1.32 bits per heavy atom. The number of aromatic nitrogens is 2. The molecule has 2 aromatic rings. The van der Waals surface area contributed by atoms with Gasteiger partial charge in [-0.25, -0.2) is 0 Å².